The van der Waals surface area contributed by atoms with E-state index in [1.807, 2.05) is 35.2 Å². The zero-order valence-electron chi connectivity index (χ0n) is 12.0. The summed E-state index contributed by atoms with van der Waals surface area (Å²) in [6.45, 7) is 0.887. The van der Waals surface area contributed by atoms with Gasteiger partial charge in [-0.3, -0.25) is 4.79 Å². The first-order chi connectivity index (χ1) is 10.2. The van der Waals surface area contributed by atoms with Gasteiger partial charge in [0.15, 0.2) is 0 Å². The van der Waals surface area contributed by atoms with Crippen molar-refractivity contribution in [2.75, 3.05) is 12.3 Å². The van der Waals surface area contributed by atoms with Gasteiger partial charge in [0.05, 0.1) is 0 Å². The van der Waals surface area contributed by atoms with Gasteiger partial charge in [-0.1, -0.05) is 24.3 Å². The van der Waals surface area contributed by atoms with Gasteiger partial charge >= 0.3 is 0 Å². The van der Waals surface area contributed by atoms with Crippen LogP contribution >= 0.6 is 0 Å². The van der Waals surface area contributed by atoms with Crippen LogP contribution in [0.3, 0.4) is 0 Å². The normalized spacial score (nSPS) is 17.9. The van der Waals surface area contributed by atoms with Crippen molar-refractivity contribution in [1.82, 2.24) is 9.88 Å². The molecule has 4 heteroatoms. The molecule has 2 aliphatic carbocycles. The maximum Gasteiger partial charge on any atom is 0.272 e. The Morgan fingerprint density at radius 2 is 2.00 bits per heavy atom. The van der Waals surface area contributed by atoms with Gasteiger partial charge in [-0.2, -0.15) is 0 Å². The predicted molar refractivity (Wildman–Crippen MR) is 82.9 cm³/mol. The summed E-state index contributed by atoms with van der Waals surface area (Å²) >= 11 is 0. The van der Waals surface area contributed by atoms with E-state index in [1.165, 1.54) is 12.8 Å². The Hall–Kier alpha value is -2.10. The molecule has 4 nitrogen and oxygen atoms in total. The van der Waals surface area contributed by atoms with Gasteiger partial charge in [-0.15, -0.1) is 0 Å². The third-order valence-electron chi connectivity index (χ3n) is 4.39. The molecule has 21 heavy (non-hydrogen) atoms. The van der Waals surface area contributed by atoms with E-state index in [4.69, 9.17) is 5.73 Å². The number of nitrogens with zero attached hydrogens (tertiary/aromatic N) is 2. The molecule has 1 heterocycles. The number of hydrogen-bond donors (Lipinski definition) is 1. The zero-order chi connectivity index (χ0) is 14.4. The molecule has 2 aromatic rings. The van der Waals surface area contributed by atoms with E-state index >= 15 is 0 Å². The topological polar surface area (TPSA) is 59.2 Å². The highest BCUT2D eigenvalue weighted by atomic mass is 16.2. The largest absolute Gasteiger partial charge is 0.383 e. The molecule has 0 bridgehead atoms. The molecule has 1 aromatic heterocycles. The maximum atomic E-state index is 12.8. The quantitative estimate of drug-likeness (QED) is 0.937. The monoisotopic (exact) mass is 281 g/mol. The second-order valence-corrected chi connectivity index (χ2v) is 6.25. The molecule has 1 aromatic carbocycles. The summed E-state index contributed by atoms with van der Waals surface area (Å²) in [6.07, 6.45) is 4.76. The van der Waals surface area contributed by atoms with Crippen molar-refractivity contribution in [1.29, 1.82) is 0 Å². The number of carbonyl (C=O) groups excluding carboxylic acids is 1. The van der Waals surface area contributed by atoms with Crippen LogP contribution in [-0.2, 0) is 0 Å². The number of hydrogen-bond acceptors (Lipinski definition) is 3. The molecule has 0 aliphatic heterocycles. The smallest absolute Gasteiger partial charge is 0.272 e. The van der Waals surface area contributed by atoms with Crippen LogP contribution in [0.2, 0.25) is 0 Å². The first-order valence-electron chi connectivity index (χ1n) is 7.68. The van der Waals surface area contributed by atoms with E-state index in [0.29, 0.717) is 23.5 Å². The lowest BCUT2D eigenvalue weighted by atomic mass is 10.1. The van der Waals surface area contributed by atoms with E-state index in [0.717, 1.165) is 30.2 Å². The third kappa shape index (κ3) is 2.46. The second kappa shape index (κ2) is 4.72. The SMILES string of the molecule is Nc1nc(C(=O)N(CC2CC2)C2CC2)cc2ccccc12. The van der Waals surface area contributed by atoms with Crippen LogP contribution in [0.5, 0.6) is 0 Å². The number of nitrogens with two attached hydrogens (primary N) is 1. The van der Waals surface area contributed by atoms with Crippen LogP contribution in [0.15, 0.2) is 30.3 Å². The van der Waals surface area contributed by atoms with Crippen LogP contribution in [0.1, 0.15) is 36.2 Å². The molecule has 108 valence electrons. The van der Waals surface area contributed by atoms with Gasteiger partial charge < -0.3 is 10.6 Å². The number of rotatable bonds is 4. The molecule has 2 fully saturated rings. The van der Waals surface area contributed by atoms with Crippen molar-refractivity contribution in [2.24, 2.45) is 5.92 Å². The number of fused-ring (bicyclic) bond motifs is 1. The molecule has 0 radical (unpaired) electrons. The Balaban J connectivity index is 1.68. The van der Waals surface area contributed by atoms with Crippen molar-refractivity contribution in [3.05, 3.63) is 36.0 Å². The zero-order valence-corrected chi connectivity index (χ0v) is 12.0. The molecular weight excluding hydrogens is 262 g/mol. The lowest BCUT2D eigenvalue weighted by molar-refractivity contribution is 0.0729. The first-order valence-corrected chi connectivity index (χ1v) is 7.68. The van der Waals surface area contributed by atoms with E-state index in [2.05, 4.69) is 4.98 Å². The minimum Gasteiger partial charge on any atom is -0.383 e. The van der Waals surface area contributed by atoms with Crippen LogP contribution < -0.4 is 5.73 Å². The molecule has 0 unspecified atom stereocenters. The molecule has 4 rings (SSSR count). The minimum atomic E-state index is 0.0434. The summed E-state index contributed by atoms with van der Waals surface area (Å²) in [7, 11) is 0. The molecule has 0 spiro atoms. The molecule has 2 N–H and O–H groups in total. The Labute approximate surface area is 124 Å². The molecular formula is C17H19N3O. The number of nitrogen functional groups attached to an aromatic ring is 1. The van der Waals surface area contributed by atoms with E-state index in [9.17, 15) is 4.79 Å². The summed E-state index contributed by atoms with van der Waals surface area (Å²) in [5, 5.41) is 1.89. The van der Waals surface area contributed by atoms with Gasteiger partial charge in [-0.25, -0.2) is 4.98 Å². The van der Waals surface area contributed by atoms with Crippen LogP contribution in [0, 0.1) is 5.92 Å². The average Bonchev–Trinajstić information content (AvgIpc) is 3.37. The number of carbonyl (C=O) groups is 1. The molecule has 2 saturated carbocycles. The summed E-state index contributed by atoms with van der Waals surface area (Å²) in [5.41, 5.74) is 6.50. The van der Waals surface area contributed by atoms with E-state index in [1.54, 1.807) is 0 Å². The molecule has 2 aliphatic rings. The highest BCUT2D eigenvalue weighted by molar-refractivity contribution is 6.00. The number of benzene rings is 1. The second-order valence-electron chi connectivity index (χ2n) is 6.25. The highest BCUT2D eigenvalue weighted by Crippen LogP contribution is 2.35. The number of anilines is 1. The van der Waals surface area contributed by atoms with Gasteiger partial charge in [-0.05, 0) is 43.1 Å². The number of aromatic nitrogens is 1. The maximum absolute atomic E-state index is 12.8. The fraction of sp³-hybridized carbons (Fsp3) is 0.412. The third-order valence-corrected chi connectivity index (χ3v) is 4.39. The van der Waals surface area contributed by atoms with Gasteiger partial charge in [0.25, 0.3) is 5.91 Å². The van der Waals surface area contributed by atoms with Crippen LogP contribution in [0.25, 0.3) is 10.8 Å². The summed E-state index contributed by atoms with van der Waals surface area (Å²) < 4.78 is 0. The van der Waals surface area contributed by atoms with Crippen LogP contribution in [0.4, 0.5) is 5.82 Å². The number of amides is 1. The van der Waals surface area contributed by atoms with Gasteiger partial charge in [0, 0.05) is 18.0 Å². The Morgan fingerprint density at radius 1 is 1.24 bits per heavy atom. The van der Waals surface area contributed by atoms with Gasteiger partial charge in [0.2, 0.25) is 0 Å². The molecule has 1 amide bonds. The standard InChI is InChI=1S/C17H19N3O/c18-16-14-4-2-1-3-12(14)9-15(19-16)17(21)20(13-7-8-13)10-11-5-6-11/h1-4,9,11,13H,5-8,10H2,(H2,18,19). The van der Waals surface area contributed by atoms with Crippen molar-refractivity contribution in [2.45, 2.75) is 31.7 Å². The fourth-order valence-corrected chi connectivity index (χ4v) is 2.85. The minimum absolute atomic E-state index is 0.0434. The Morgan fingerprint density at radius 3 is 2.71 bits per heavy atom. The fourth-order valence-electron chi connectivity index (χ4n) is 2.85. The molecule has 0 atom stereocenters. The van der Waals surface area contributed by atoms with Crippen molar-refractivity contribution in [3.63, 3.8) is 0 Å². The molecule has 0 saturated heterocycles. The van der Waals surface area contributed by atoms with Crippen molar-refractivity contribution >= 4 is 22.5 Å². The number of pyridine rings is 1. The van der Waals surface area contributed by atoms with E-state index < -0.39 is 0 Å². The Kier molecular flexibility index (Phi) is 2.84. The van der Waals surface area contributed by atoms with Gasteiger partial charge in [0.1, 0.15) is 11.5 Å². The summed E-state index contributed by atoms with van der Waals surface area (Å²) in [5.74, 6) is 1.19. The van der Waals surface area contributed by atoms with Crippen molar-refractivity contribution < 1.29 is 4.79 Å². The van der Waals surface area contributed by atoms with Crippen LogP contribution in [-0.4, -0.2) is 28.4 Å². The highest BCUT2D eigenvalue weighted by Gasteiger charge is 2.37. The lowest BCUT2D eigenvalue weighted by Crippen LogP contribution is -2.35. The summed E-state index contributed by atoms with van der Waals surface area (Å²) in [4.78, 5) is 19.2. The lowest BCUT2D eigenvalue weighted by Gasteiger charge is -2.22. The van der Waals surface area contributed by atoms with E-state index in [-0.39, 0.29) is 5.91 Å². The summed E-state index contributed by atoms with van der Waals surface area (Å²) in [6, 6.07) is 10.1. The average molecular weight is 281 g/mol. The first kappa shape index (κ1) is 12.6. The van der Waals surface area contributed by atoms with Crippen molar-refractivity contribution in [3.8, 4) is 0 Å². The predicted octanol–water partition coefficient (Wildman–Crippen LogP) is 2.83. The Bertz CT molecular complexity index is 704.